The summed E-state index contributed by atoms with van der Waals surface area (Å²) in [6, 6.07) is 7.02. The maximum Gasteiger partial charge on any atom is 0.233 e. The van der Waals surface area contributed by atoms with E-state index in [0.29, 0.717) is 24.6 Å². The maximum absolute atomic E-state index is 13.1. The number of pyridine rings is 2. The number of carbonyl (C=O) groups is 1. The molecule has 154 valence electrons. The summed E-state index contributed by atoms with van der Waals surface area (Å²) in [5.41, 5.74) is 1.79. The van der Waals surface area contributed by atoms with Crippen molar-refractivity contribution in [2.45, 2.75) is 68.1 Å². The minimum Gasteiger partial charge on any atom is -0.310 e. The van der Waals surface area contributed by atoms with Crippen molar-refractivity contribution in [3.05, 3.63) is 47.8 Å². The molecule has 2 aliphatic carbocycles. The summed E-state index contributed by atoms with van der Waals surface area (Å²) in [7, 11) is -3.33. The molecule has 2 aromatic heterocycles. The number of anilines is 1. The SMILES string of the molecule is Cc1ccc(NC(=O)C(CC2CCCC2)c2ccc(S(=O)(=O)C3CC3)nc2)nc1. The molecule has 2 saturated carbocycles. The summed E-state index contributed by atoms with van der Waals surface area (Å²) >= 11 is 0. The first-order valence-electron chi connectivity index (χ1n) is 10.4. The number of amides is 1. The van der Waals surface area contributed by atoms with E-state index in [2.05, 4.69) is 15.3 Å². The Labute approximate surface area is 172 Å². The topological polar surface area (TPSA) is 89.0 Å². The monoisotopic (exact) mass is 413 g/mol. The van der Waals surface area contributed by atoms with Crippen LogP contribution in [0.3, 0.4) is 0 Å². The molecule has 4 rings (SSSR count). The first kappa shape index (κ1) is 20.0. The molecule has 1 amide bonds. The van der Waals surface area contributed by atoms with Crippen LogP contribution in [0.15, 0.2) is 41.7 Å². The van der Waals surface area contributed by atoms with Crippen molar-refractivity contribution in [3.63, 3.8) is 0 Å². The fourth-order valence-electron chi connectivity index (χ4n) is 4.04. The van der Waals surface area contributed by atoms with Crippen LogP contribution in [0.25, 0.3) is 0 Å². The highest BCUT2D eigenvalue weighted by Crippen LogP contribution is 2.36. The molecule has 2 fully saturated rings. The third kappa shape index (κ3) is 4.66. The fourth-order valence-corrected chi connectivity index (χ4v) is 5.60. The standard InChI is InChI=1S/C22H27N3O3S/c1-15-6-10-20(23-13-15)25-22(26)19(12-16-4-2-3-5-16)17-7-11-21(24-14-17)29(27,28)18-8-9-18/h6-7,10-11,13-14,16,18-19H,2-5,8-9,12H2,1H3,(H,23,25,26). The molecule has 1 unspecified atom stereocenters. The van der Waals surface area contributed by atoms with Crippen LogP contribution in [0.4, 0.5) is 5.82 Å². The molecule has 0 aliphatic heterocycles. The quantitative estimate of drug-likeness (QED) is 0.740. The van der Waals surface area contributed by atoms with E-state index in [0.717, 1.165) is 30.4 Å². The van der Waals surface area contributed by atoms with Gasteiger partial charge in [0, 0.05) is 12.4 Å². The second-order valence-corrected chi connectivity index (χ2v) is 10.5. The minimum absolute atomic E-state index is 0.115. The molecule has 1 N–H and O–H groups in total. The van der Waals surface area contributed by atoms with Gasteiger partial charge in [0.15, 0.2) is 14.9 Å². The summed E-state index contributed by atoms with van der Waals surface area (Å²) < 4.78 is 24.8. The van der Waals surface area contributed by atoms with E-state index in [1.165, 1.54) is 12.8 Å². The Morgan fingerprint density at radius 3 is 2.41 bits per heavy atom. The number of nitrogens with one attached hydrogen (secondary N) is 1. The second-order valence-electron chi connectivity index (χ2n) is 8.32. The van der Waals surface area contributed by atoms with Gasteiger partial charge in [-0.2, -0.15) is 0 Å². The van der Waals surface area contributed by atoms with E-state index >= 15 is 0 Å². The predicted octanol–water partition coefficient (Wildman–Crippen LogP) is 4.02. The lowest BCUT2D eigenvalue weighted by molar-refractivity contribution is -0.118. The molecule has 29 heavy (non-hydrogen) atoms. The lowest BCUT2D eigenvalue weighted by Crippen LogP contribution is -2.24. The van der Waals surface area contributed by atoms with Crippen molar-refractivity contribution in [3.8, 4) is 0 Å². The van der Waals surface area contributed by atoms with Crippen molar-refractivity contribution in [2.75, 3.05) is 5.32 Å². The van der Waals surface area contributed by atoms with Crippen LogP contribution < -0.4 is 5.32 Å². The highest BCUT2D eigenvalue weighted by molar-refractivity contribution is 7.92. The third-order valence-corrected chi connectivity index (χ3v) is 8.11. The van der Waals surface area contributed by atoms with Crippen molar-refractivity contribution in [1.82, 2.24) is 9.97 Å². The number of aryl methyl sites for hydroxylation is 1. The number of nitrogens with zero attached hydrogens (tertiary/aromatic N) is 2. The van der Waals surface area contributed by atoms with Crippen molar-refractivity contribution in [2.24, 2.45) is 5.92 Å². The zero-order valence-electron chi connectivity index (χ0n) is 16.7. The van der Waals surface area contributed by atoms with Crippen LogP contribution in [-0.4, -0.2) is 29.5 Å². The Bertz CT molecular complexity index is 961. The lowest BCUT2D eigenvalue weighted by atomic mass is 9.88. The highest BCUT2D eigenvalue weighted by Gasteiger charge is 2.38. The number of carbonyl (C=O) groups excluding carboxylic acids is 1. The van der Waals surface area contributed by atoms with Gasteiger partial charge in [-0.15, -0.1) is 0 Å². The average Bonchev–Trinajstić information content (AvgIpc) is 3.46. The van der Waals surface area contributed by atoms with Crippen LogP contribution in [-0.2, 0) is 14.6 Å². The van der Waals surface area contributed by atoms with Gasteiger partial charge in [0.25, 0.3) is 0 Å². The molecule has 7 heteroatoms. The third-order valence-electron chi connectivity index (χ3n) is 5.94. The zero-order chi connectivity index (χ0) is 20.4. The van der Waals surface area contributed by atoms with Gasteiger partial charge in [0.1, 0.15) is 5.82 Å². The number of rotatable bonds is 7. The van der Waals surface area contributed by atoms with Gasteiger partial charge in [0.05, 0.1) is 11.2 Å². The normalized spacial score (nSPS) is 18.5. The molecule has 0 bridgehead atoms. The largest absolute Gasteiger partial charge is 0.310 e. The fraction of sp³-hybridized carbons (Fsp3) is 0.500. The van der Waals surface area contributed by atoms with Crippen molar-refractivity contribution in [1.29, 1.82) is 0 Å². The number of aromatic nitrogens is 2. The Morgan fingerprint density at radius 1 is 1.07 bits per heavy atom. The Morgan fingerprint density at radius 2 is 1.83 bits per heavy atom. The Hall–Kier alpha value is -2.28. The van der Waals surface area contributed by atoms with Gasteiger partial charge < -0.3 is 5.32 Å². The first-order valence-corrected chi connectivity index (χ1v) is 11.9. The summed E-state index contributed by atoms with van der Waals surface area (Å²) in [5.74, 6) is 0.545. The smallest absolute Gasteiger partial charge is 0.233 e. The highest BCUT2D eigenvalue weighted by atomic mass is 32.2. The van der Waals surface area contributed by atoms with Gasteiger partial charge >= 0.3 is 0 Å². The Balaban J connectivity index is 1.55. The van der Waals surface area contributed by atoms with E-state index in [-0.39, 0.29) is 22.1 Å². The van der Waals surface area contributed by atoms with E-state index < -0.39 is 9.84 Å². The average molecular weight is 414 g/mol. The molecular formula is C22H27N3O3S. The molecule has 0 radical (unpaired) electrons. The molecule has 2 aromatic rings. The van der Waals surface area contributed by atoms with Gasteiger partial charge in [-0.3, -0.25) is 4.79 Å². The van der Waals surface area contributed by atoms with Gasteiger partial charge in [-0.25, -0.2) is 18.4 Å². The Kier molecular flexibility index (Phi) is 5.67. The maximum atomic E-state index is 13.1. The first-order chi connectivity index (χ1) is 13.9. The molecular weight excluding hydrogens is 386 g/mol. The number of sulfone groups is 1. The molecule has 2 heterocycles. The summed E-state index contributed by atoms with van der Waals surface area (Å²) in [4.78, 5) is 21.6. The number of hydrogen-bond donors (Lipinski definition) is 1. The van der Waals surface area contributed by atoms with Gasteiger partial charge in [0.2, 0.25) is 5.91 Å². The van der Waals surface area contributed by atoms with Gasteiger partial charge in [-0.05, 0) is 55.4 Å². The van der Waals surface area contributed by atoms with Crippen molar-refractivity contribution >= 4 is 21.6 Å². The van der Waals surface area contributed by atoms with Crippen molar-refractivity contribution < 1.29 is 13.2 Å². The van der Waals surface area contributed by atoms with E-state index in [1.807, 2.05) is 13.0 Å². The molecule has 2 aliphatic rings. The molecule has 1 atom stereocenters. The van der Waals surface area contributed by atoms with Crippen LogP contribution in [0.2, 0.25) is 0 Å². The zero-order valence-corrected chi connectivity index (χ0v) is 17.5. The molecule has 0 spiro atoms. The minimum atomic E-state index is -3.33. The van der Waals surface area contributed by atoms with Crippen LogP contribution >= 0.6 is 0 Å². The molecule has 6 nitrogen and oxygen atoms in total. The van der Waals surface area contributed by atoms with Crippen LogP contribution in [0, 0.1) is 12.8 Å². The summed E-state index contributed by atoms with van der Waals surface area (Å²) in [6.45, 7) is 1.95. The van der Waals surface area contributed by atoms with Crippen LogP contribution in [0.5, 0.6) is 0 Å². The van der Waals surface area contributed by atoms with E-state index in [4.69, 9.17) is 0 Å². The molecule has 0 saturated heterocycles. The van der Waals surface area contributed by atoms with Crippen LogP contribution in [0.1, 0.15) is 62.0 Å². The lowest BCUT2D eigenvalue weighted by Gasteiger charge is -2.20. The van der Waals surface area contributed by atoms with E-state index in [1.54, 1.807) is 30.6 Å². The predicted molar refractivity (Wildman–Crippen MR) is 111 cm³/mol. The summed E-state index contributed by atoms with van der Waals surface area (Å²) in [6.07, 6.45) is 10.1. The summed E-state index contributed by atoms with van der Waals surface area (Å²) in [5, 5.41) is 2.75. The van der Waals surface area contributed by atoms with Gasteiger partial charge in [-0.1, -0.05) is 37.8 Å². The second kappa shape index (κ2) is 8.22. The van der Waals surface area contributed by atoms with E-state index in [9.17, 15) is 13.2 Å². The number of hydrogen-bond acceptors (Lipinski definition) is 5. The molecule has 0 aromatic carbocycles.